The third-order valence-corrected chi connectivity index (χ3v) is 2.95. The lowest BCUT2D eigenvalue weighted by Gasteiger charge is -2.12. The molecule has 2 atom stereocenters. The fraction of sp³-hybridized carbons (Fsp3) is 0.385. The number of nitrogens with two attached hydrogens (primary N) is 2. The van der Waals surface area contributed by atoms with Crippen LogP contribution < -0.4 is 11.5 Å². The molecule has 0 aliphatic heterocycles. The van der Waals surface area contributed by atoms with E-state index in [1.807, 2.05) is 25.3 Å². The van der Waals surface area contributed by atoms with Crippen LogP contribution in [-0.4, -0.2) is 11.0 Å². The number of benzene rings is 1. The molecule has 3 heteroatoms. The summed E-state index contributed by atoms with van der Waals surface area (Å²) in [6.45, 7) is 2.02. The van der Waals surface area contributed by atoms with Crippen LogP contribution in [0.4, 0.5) is 0 Å². The monoisotopic (exact) mass is 217 g/mol. The molecule has 0 aliphatic carbocycles. The summed E-state index contributed by atoms with van der Waals surface area (Å²) in [6.07, 6.45) is 3.90. The van der Waals surface area contributed by atoms with Gasteiger partial charge in [0.2, 0.25) is 0 Å². The average molecular weight is 217 g/mol. The molecule has 86 valence electrons. The van der Waals surface area contributed by atoms with Crippen LogP contribution in [0.5, 0.6) is 0 Å². The van der Waals surface area contributed by atoms with Crippen LogP contribution in [-0.2, 0) is 0 Å². The van der Waals surface area contributed by atoms with Crippen LogP contribution in [0.25, 0.3) is 10.9 Å². The quantitative estimate of drug-likeness (QED) is 0.735. The maximum Gasteiger partial charge on any atom is 0.0457 e. The molecule has 2 rings (SSSR count). The van der Waals surface area contributed by atoms with Gasteiger partial charge < -0.3 is 16.5 Å². The molecule has 2 unspecified atom stereocenters. The lowest BCUT2D eigenvalue weighted by Crippen LogP contribution is -2.18. The van der Waals surface area contributed by atoms with Gasteiger partial charge in [0.15, 0.2) is 0 Å². The number of nitrogens with one attached hydrogen (secondary N) is 1. The normalized spacial score (nSPS) is 15.2. The Morgan fingerprint density at radius 1 is 1.19 bits per heavy atom. The highest BCUT2D eigenvalue weighted by molar-refractivity contribution is 5.83. The first-order chi connectivity index (χ1) is 7.68. The largest absolute Gasteiger partial charge is 0.361 e. The molecule has 0 saturated heterocycles. The van der Waals surface area contributed by atoms with E-state index in [2.05, 4.69) is 17.1 Å². The van der Waals surface area contributed by atoms with Crippen LogP contribution in [0.1, 0.15) is 31.4 Å². The van der Waals surface area contributed by atoms with Gasteiger partial charge in [0.25, 0.3) is 0 Å². The molecule has 0 fully saturated rings. The van der Waals surface area contributed by atoms with E-state index >= 15 is 0 Å². The summed E-state index contributed by atoms with van der Waals surface area (Å²) in [5.74, 6) is 0. The summed E-state index contributed by atoms with van der Waals surface area (Å²) in [6, 6.07) is 8.52. The molecule has 0 amide bonds. The molecule has 5 N–H and O–H groups in total. The Labute approximate surface area is 95.8 Å². The van der Waals surface area contributed by atoms with Crippen molar-refractivity contribution in [3.63, 3.8) is 0 Å². The van der Waals surface area contributed by atoms with Crippen LogP contribution in [0.15, 0.2) is 30.5 Å². The topological polar surface area (TPSA) is 67.8 Å². The zero-order valence-corrected chi connectivity index (χ0v) is 9.61. The molecule has 0 radical (unpaired) electrons. The molecule has 16 heavy (non-hydrogen) atoms. The van der Waals surface area contributed by atoms with Crippen molar-refractivity contribution in [2.24, 2.45) is 11.5 Å². The van der Waals surface area contributed by atoms with Crippen LogP contribution in [0.3, 0.4) is 0 Å². The summed E-state index contributed by atoms with van der Waals surface area (Å²) < 4.78 is 0. The van der Waals surface area contributed by atoms with Gasteiger partial charge >= 0.3 is 0 Å². The van der Waals surface area contributed by atoms with Crippen molar-refractivity contribution in [3.05, 3.63) is 36.0 Å². The number of para-hydroxylation sites is 1. The highest BCUT2D eigenvalue weighted by atomic mass is 14.7. The fourth-order valence-corrected chi connectivity index (χ4v) is 2.00. The molecule has 1 heterocycles. The Kier molecular flexibility index (Phi) is 3.27. The third kappa shape index (κ3) is 2.26. The zero-order valence-electron chi connectivity index (χ0n) is 9.61. The number of hydrogen-bond acceptors (Lipinski definition) is 2. The molecule has 2 aromatic rings. The number of hydrogen-bond donors (Lipinski definition) is 3. The highest BCUT2D eigenvalue weighted by Crippen LogP contribution is 2.25. The molecule has 1 aromatic heterocycles. The summed E-state index contributed by atoms with van der Waals surface area (Å²) in [7, 11) is 0. The van der Waals surface area contributed by atoms with Gasteiger partial charge in [-0.25, -0.2) is 0 Å². The second-order valence-corrected chi connectivity index (χ2v) is 4.45. The van der Waals surface area contributed by atoms with Gasteiger partial charge in [-0.15, -0.1) is 0 Å². The van der Waals surface area contributed by atoms with Gasteiger partial charge in [-0.2, -0.15) is 0 Å². The standard InChI is InChI=1S/C13H19N3/c1-9(14)6-7-12(15)11-8-16-13-5-3-2-4-10(11)13/h2-5,8-9,12,16H,6-7,14-15H2,1H3. The zero-order chi connectivity index (χ0) is 11.5. The first kappa shape index (κ1) is 11.2. The predicted molar refractivity (Wildman–Crippen MR) is 68.1 cm³/mol. The van der Waals surface area contributed by atoms with Gasteiger partial charge in [-0.1, -0.05) is 18.2 Å². The van der Waals surface area contributed by atoms with E-state index in [1.54, 1.807) is 0 Å². The maximum atomic E-state index is 6.18. The molecule has 0 saturated carbocycles. The first-order valence-corrected chi connectivity index (χ1v) is 5.75. The van der Waals surface area contributed by atoms with Crippen molar-refractivity contribution >= 4 is 10.9 Å². The van der Waals surface area contributed by atoms with Crippen molar-refractivity contribution < 1.29 is 0 Å². The van der Waals surface area contributed by atoms with E-state index in [4.69, 9.17) is 11.5 Å². The Bertz CT molecular complexity index is 459. The summed E-state index contributed by atoms with van der Waals surface area (Å²) in [5, 5.41) is 1.22. The smallest absolute Gasteiger partial charge is 0.0457 e. The third-order valence-electron chi connectivity index (χ3n) is 2.95. The van der Waals surface area contributed by atoms with Gasteiger partial charge in [-0.05, 0) is 31.4 Å². The fourth-order valence-electron chi connectivity index (χ4n) is 2.00. The van der Waals surface area contributed by atoms with Crippen LogP contribution in [0, 0.1) is 0 Å². The van der Waals surface area contributed by atoms with E-state index in [0.717, 1.165) is 18.4 Å². The minimum atomic E-state index is 0.0714. The summed E-state index contributed by atoms with van der Waals surface area (Å²) >= 11 is 0. The van der Waals surface area contributed by atoms with Gasteiger partial charge in [0.1, 0.15) is 0 Å². The summed E-state index contributed by atoms with van der Waals surface area (Å²) in [5.41, 5.74) is 14.3. The van der Waals surface area contributed by atoms with Gasteiger partial charge in [-0.3, -0.25) is 0 Å². The van der Waals surface area contributed by atoms with Crippen molar-refractivity contribution in [1.29, 1.82) is 0 Å². The van der Waals surface area contributed by atoms with E-state index in [0.29, 0.717) is 0 Å². The minimum Gasteiger partial charge on any atom is -0.361 e. The van der Waals surface area contributed by atoms with Crippen LogP contribution in [0.2, 0.25) is 0 Å². The van der Waals surface area contributed by atoms with Crippen molar-refractivity contribution in [3.8, 4) is 0 Å². The second kappa shape index (κ2) is 4.68. The van der Waals surface area contributed by atoms with E-state index in [-0.39, 0.29) is 12.1 Å². The Balaban J connectivity index is 2.19. The predicted octanol–water partition coefficient (Wildman–Crippen LogP) is 2.30. The number of H-pyrrole nitrogens is 1. The second-order valence-electron chi connectivity index (χ2n) is 4.45. The minimum absolute atomic E-state index is 0.0714. The Hall–Kier alpha value is -1.32. The summed E-state index contributed by atoms with van der Waals surface area (Å²) in [4.78, 5) is 3.25. The first-order valence-electron chi connectivity index (χ1n) is 5.75. The molecule has 3 nitrogen and oxygen atoms in total. The van der Waals surface area contributed by atoms with Gasteiger partial charge in [0, 0.05) is 29.2 Å². The van der Waals surface area contributed by atoms with E-state index in [9.17, 15) is 0 Å². The number of aromatic amines is 1. The molecule has 0 aliphatic rings. The molecule has 0 spiro atoms. The molecular weight excluding hydrogens is 198 g/mol. The molecule has 1 aromatic carbocycles. The van der Waals surface area contributed by atoms with Crippen molar-refractivity contribution in [2.75, 3.05) is 0 Å². The van der Waals surface area contributed by atoms with E-state index < -0.39 is 0 Å². The van der Waals surface area contributed by atoms with Crippen LogP contribution >= 0.6 is 0 Å². The Morgan fingerprint density at radius 3 is 2.69 bits per heavy atom. The SMILES string of the molecule is CC(N)CCC(N)c1c[nH]c2ccccc12. The van der Waals surface area contributed by atoms with E-state index in [1.165, 1.54) is 10.9 Å². The molecule has 0 bridgehead atoms. The average Bonchev–Trinajstić information content (AvgIpc) is 2.69. The number of fused-ring (bicyclic) bond motifs is 1. The van der Waals surface area contributed by atoms with Crippen molar-refractivity contribution in [2.45, 2.75) is 31.8 Å². The number of rotatable bonds is 4. The molecular formula is C13H19N3. The van der Waals surface area contributed by atoms with Crippen molar-refractivity contribution in [1.82, 2.24) is 4.98 Å². The highest BCUT2D eigenvalue weighted by Gasteiger charge is 2.11. The number of aromatic nitrogens is 1. The van der Waals surface area contributed by atoms with Gasteiger partial charge in [0.05, 0.1) is 0 Å². The Morgan fingerprint density at radius 2 is 1.94 bits per heavy atom. The lowest BCUT2D eigenvalue weighted by molar-refractivity contribution is 0.557. The maximum absolute atomic E-state index is 6.18. The lowest BCUT2D eigenvalue weighted by atomic mass is 10.0.